The van der Waals surface area contributed by atoms with Gasteiger partial charge in [0.25, 0.3) is 0 Å². The smallest absolute Gasteiger partial charge is 0.103 e. The van der Waals surface area contributed by atoms with Crippen molar-refractivity contribution in [2.75, 3.05) is 7.11 Å². The molecule has 0 atom stereocenters. The van der Waals surface area contributed by atoms with Crippen molar-refractivity contribution in [2.45, 2.75) is 38.7 Å². The highest BCUT2D eigenvalue weighted by atomic mass is 32.1. The molecule has 0 bridgehead atoms. The maximum Gasteiger partial charge on any atom is 0.103 e. The Bertz CT molecular complexity index is 502. The Morgan fingerprint density at radius 3 is 2.42 bits per heavy atom. The summed E-state index contributed by atoms with van der Waals surface area (Å²) in [6.45, 7) is 5.08. The molecule has 0 saturated carbocycles. The molecule has 0 saturated heterocycles. The van der Waals surface area contributed by atoms with Gasteiger partial charge in [-0.1, -0.05) is 44.2 Å². The molecule has 0 amide bonds. The quantitative estimate of drug-likeness (QED) is 0.779. The predicted molar refractivity (Wildman–Crippen MR) is 80.6 cm³/mol. The van der Waals surface area contributed by atoms with E-state index in [1.54, 1.807) is 18.4 Å². The highest BCUT2D eigenvalue weighted by Crippen LogP contribution is 2.40. The van der Waals surface area contributed by atoms with Crippen molar-refractivity contribution >= 4 is 11.3 Å². The van der Waals surface area contributed by atoms with Crippen molar-refractivity contribution < 1.29 is 4.74 Å². The Balaban J connectivity index is 2.43. The molecule has 0 aliphatic rings. The summed E-state index contributed by atoms with van der Waals surface area (Å²) in [5.74, 6) is 0. The van der Waals surface area contributed by atoms with Crippen LogP contribution in [0.3, 0.4) is 0 Å². The average Bonchev–Trinajstić information content (AvgIpc) is 2.92. The predicted octanol–water partition coefficient (Wildman–Crippen LogP) is 4.40. The molecular weight excluding hydrogens is 254 g/mol. The summed E-state index contributed by atoms with van der Waals surface area (Å²) in [5, 5.41) is 3.32. The van der Waals surface area contributed by atoms with Crippen molar-refractivity contribution in [1.82, 2.24) is 4.98 Å². The van der Waals surface area contributed by atoms with E-state index >= 15 is 0 Å². The second kappa shape index (κ2) is 6.31. The highest BCUT2D eigenvalue weighted by Gasteiger charge is 2.33. The molecule has 0 aliphatic carbocycles. The van der Waals surface area contributed by atoms with Gasteiger partial charge < -0.3 is 4.74 Å². The van der Waals surface area contributed by atoms with E-state index in [-0.39, 0.29) is 5.41 Å². The number of thiazole rings is 1. The summed E-state index contributed by atoms with van der Waals surface area (Å²) < 4.78 is 5.17. The van der Waals surface area contributed by atoms with E-state index in [1.165, 1.54) is 10.6 Å². The zero-order chi connectivity index (χ0) is 13.7. The minimum Gasteiger partial charge on any atom is -0.378 e. The fourth-order valence-electron chi connectivity index (χ4n) is 2.58. The molecule has 0 aliphatic heterocycles. The normalized spacial score (nSPS) is 11.7. The summed E-state index contributed by atoms with van der Waals surface area (Å²) in [7, 11) is 1.71. The van der Waals surface area contributed by atoms with E-state index in [4.69, 9.17) is 9.72 Å². The van der Waals surface area contributed by atoms with Crippen LogP contribution in [0.5, 0.6) is 0 Å². The fourth-order valence-corrected chi connectivity index (χ4v) is 3.75. The van der Waals surface area contributed by atoms with Crippen LogP contribution in [0.2, 0.25) is 0 Å². The lowest BCUT2D eigenvalue weighted by molar-refractivity contribution is 0.181. The topological polar surface area (TPSA) is 22.1 Å². The number of rotatable bonds is 6. The van der Waals surface area contributed by atoms with Gasteiger partial charge >= 0.3 is 0 Å². The molecule has 0 spiro atoms. The largest absolute Gasteiger partial charge is 0.378 e. The Kier molecular flexibility index (Phi) is 4.72. The van der Waals surface area contributed by atoms with Gasteiger partial charge in [0.2, 0.25) is 0 Å². The SMILES string of the molecule is CCC(CC)(c1ccccc1)c1nc(COC)cs1. The van der Waals surface area contributed by atoms with Crippen LogP contribution in [0, 0.1) is 0 Å². The number of methoxy groups -OCH3 is 1. The van der Waals surface area contributed by atoms with Gasteiger partial charge in [-0.3, -0.25) is 0 Å². The molecule has 0 N–H and O–H groups in total. The van der Waals surface area contributed by atoms with Gasteiger partial charge in [-0.2, -0.15) is 0 Å². The number of ether oxygens (including phenoxy) is 1. The summed E-state index contributed by atoms with van der Waals surface area (Å²) in [6.07, 6.45) is 2.13. The fraction of sp³-hybridized carbons (Fsp3) is 0.438. The summed E-state index contributed by atoms with van der Waals surface area (Å²) in [4.78, 5) is 4.78. The van der Waals surface area contributed by atoms with Crippen LogP contribution in [-0.4, -0.2) is 12.1 Å². The third-order valence-electron chi connectivity index (χ3n) is 3.79. The maximum atomic E-state index is 5.17. The first-order chi connectivity index (χ1) is 9.26. The van der Waals surface area contributed by atoms with Gasteiger partial charge in [-0.15, -0.1) is 11.3 Å². The monoisotopic (exact) mass is 275 g/mol. The van der Waals surface area contributed by atoms with E-state index < -0.39 is 0 Å². The zero-order valence-corrected chi connectivity index (χ0v) is 12.7. The lowest BCUT2D eigenvalue weighted by atomic mass is 9.76. The molecule has 2 rings (SSSR count). The molecule has 0 fully saturated rings. The number of aromatic nitrogens is 1. The number of hydrogen-bond acceptors (Lipinski definition) is 3. The van der Waals surface area contributed by atoms with E-state index in [0.717, 1.165) is 18.5 Å². The number of hydrogen-bond donors (Lipinski definition) is 0. The molecule has 19 heavy (non-hydrogen) atoms. The summed E-state index contributed by atoms with van der Waals surface area (Å²) >= 11 is 1.75. The highest BCUT2D eigenvalue weighted by molar-refractivity contribution is 7.09. The van der Waals surface area contributed by atoms with E-state index in [0.29, 0.717) is 6.61 Å². The first kappa shape index (κ1) is 14.2. The van der Waals surface area contributed by atoms with Gasteiger partial charge in [0.1, 0.15) is 5.01 Å². The second-order valence-electron chi connectivity index (χ2n) is 4.73. The molecule has 2 nitrogen and oxygen atoms in total. The van der Waals surface area contributed by atoms with Crippen LogP contribution < -0.4 is 0 Å². The zero-order valence-electron chi connectivity index (χ0n) is 11.8. The first-order valence-electron chi connectivity index (χ1n) is 6.76. The molecular formula is C16H21NOS. The Labute approximate surface area is 119 Å². The standard InChI is InChI=1S/C16H21NOS/c1-4-16(5-2,13-9-7-6-8-10-13)15-17-14(11-18-3)12-19-15/h6-10,12H,4-5,11H2,1-3H3. The molecule has 102 valence electrons. The van der Waals surface area contributed by atoms with Crippen LogP contribution in [0.25, 0.3) is 0 Å². The molecule has 3 heteroatoms. The molecule has 0 unspecified atom stereocenters. The molecule has 2 aromatic rings. The Morgan fingerprint density at radius 1 is 1.16 bits per heavy atom. The summed E-state index contributed by atoms with van der Waals surface area (Å²) in [6, 6.07) is 10.7. The first-order valence-corrected chi connectivity index (χ1v) is 7.64. The van der Waals surface area contributed by atoms with Crippen LogP contribution in [0.4, 0.5) is 0 Å². The number of nitrogens with zero attached hydrogens (tertiary/aromatic N) is 1. The molecule has 1 aromatic carbocycles. The van der Waals surface area contributed by atoms with Gasteiger partial charge in [0.15, 0.2) is 0 Å². The van der Waals surface area contributed by atoms with Crippen molar-refractivity contribution in [2.24, 2.45) is 0 Å². The van der Waals surface area contributed by atoms with Crippen molar-refractivity contribution in [3.05, 3.63) is 52.0 Å². The molecule has 1 heterocycles. The molecule has 1 aromatic heterocycles. The maximum absolute atomic E-state index is 5.17. The van der Waals surface area contributed by atoms with Crippen molar-refractivity contribution in [3.63, 3.8) is 0 Å². The Hall–Kier alpha value is -1.19. The Morgan fingerprint density at radius 2 is 1.84 bits per heavy atom. The van der Waals surface area contributed by atoms with Gasteiger partial charge in [-0.05, 0) is 18.4 Å². The lowest BCUT2D eigenvalue weighted by Gasteiger charge is -2.30. The van der Waals surface area contributed by atoms with Gasteiger partial charge in [0.05, 0.1) is 12.3 Å². The van der Waals surface area contributed by atoms with Crippen LogP contribution in [0.15, 0.2) is 35.7 Å². The third kappa shape index (κ3) is 2.72. The van der Waals surface area contributed by atoms with Crippen molar-refractivity contribution in [3.8, 4) is 0 Å². The van der Waals surface area contributed by atoms with Crippen LogP contribution in [-0.2, 0) is 16.8 Å². The van der Waals surface area contributed by atoms with E-state index in [9.17, 15) is 0 Å². The van der Waals surface area contributed by atoms with E-state index in [1.807, 2.05) is 0 Å². The average molecular weight is 275 g/mol. The van der Waals surface area contributed by atoms with Crippen LogP contribution in [0.1, 0.15) is 43.0 Å². The number of benzene rings is 1. The van der Waals surface area contributed by atoms with E-state index in [2.05, 4.69) is 49.6 Å². The van der Waals surface area contributed by atoms with Gasteiger partial charge in [-0.25, -0.2) is 4.98 Å². The lowest BCUT2D eigenvalue weighted by Crippen LogP contribution is -2.25. The minimum absolute atomic E-state index is 0.0396. The molecule has 0 radical (unpaired) electrons. The third-order valence-corrected chi connectivity index (χ3v) is 4.88. The minimum atomic E-state index is 0.0396. The van der Waals surface area contributed by atoms with Gasteiger partial charge in [0, 0.05) is 17.9 Å². The second-order valence-corrected chi connectivity index (χ2v) is 5.59. The summed E-state index contributed by atoms with van der Waals surface area (Å²) in [5.41, 5.74) is 2.43. The van der Waals surface area contributed by atoms with Crippen molar-refractivity contribution in [1.29, 1.82) is 0 Å². The van der Waals surface area contributed by atoms with Crippen LogP contribution >= 0.6 is 11.3 Å².